The van der Waals surface area contributed by atoms with E-state index in [9.17, 15) is 9.59 Å². The molecule has 0 fully saturated rings. The van der Waals surface area contributed by atoms with Crippen molar-refractivity contribution in [2.75, 3.05) is 19.5 Å². The van der Waals surface area contributed by atoms with Crippen molar-refractivity contribution >= 4 is 17.6 Å². The quantitative estimate of drug-likeness (QED) is 0.813. The molecule has 25 heavy (non-hydrogen) atoms. The maximum Gasteiger partial charge on any atom is 0.314 e. The molecule has 1 aromatic carbocycles. The van der Waals surface area contributed by atoms with Gasteiger partial charge in [-0.25, -0.2) is 4.98 Å². The van der Waals surface area contributed by atoms with E-state index in [1.54, 1.807) is 57.4 Å². The molecule has 0 radical (unpaired) electrons. The van der Waals surface area contributed by atoms with Gasteiger partial charge in [-0.15, -0.1) is 0 Å². The average Bonchev–Trinajstić information content (AvgIpc) is 2.60. The molecule has 0 aliphatic rings. The minimum Gasteiger partial charge on any atom is -0.493 e. The number of methoxy groups -OCH3 is 2. The smallest absolute Gasteiger partial charge is 0.314 e. The summed E-state index contributed by atoms with van der Waals surface area (Å²) in [6.45, 7) is 3.58. The number of anilines is 1. The maximum atomic E-state index is 12.1. The molecule has 1 heterocycles. The molecule has 0 aliphatic heterocycles. The van der Waals surface area contributed by atoms with Gasteiger partial charge >= 0.3 is 11.8 Å². The number of carbonyl (C=O) groups excluding carboxylic acids is 2. The molecule has 7 nitrogen and oxygen atoms in total. The lowest BCUT2D eigenvalue weighted by molar-refractivity contribution is -0.136. The van der Waals surface area contributed by atoms with Crippen LogP contribution in [0.15, 0.2) is 36.4 Å². The van der Waals surface area contributed by atoms with Crippen LogP contribution in [-0.2, 0) is 9.59 Å². The fourth-order valence-corrected chi connectivity index (χ4v) is 2.25. The summed E-state index contributed by atoms with van der Waals surface area (Å²) < 4.78 is 10.4. The van der Waals surface area contributed by atoms with Gasteiger partial charge in [0, 0.05) is 5.69 Å². The maximum absolute atomic E-state index is 12.1. The van der Waals surface area contributed by atoms with Crippen molar-refractivity contribution in [3.05, 3.63) is 47.7 Å². The summed E-state index contributed by atoms with van der Waals surface area (Å²) in [4.78, 5) is 28.2. The zero-order chi connectivity index (χ0) is 18.4. The number of aryl methyl sites for hydroxylation is 1. The molecule has 1 unspecified atom stereocenters. The second kappa shape index (κ2) is 8.14. The van der Waals surface area contributed by atoms with Crippen molar-refractivity contribution in [1.82, 2.24) is 10.3 Å². The van der Waals surface area contributed by atoms with E-state index in [2.05, 4.69) is 15.6 Å². The van der Waals surface area contributed by atoms with Gasteiger partial charge in [0.05, 0.1) is 20.3 Å². The van der Waals surface area contributed by atoms with Gasteiger partial charge in [0.15, 0.2) is 11.5 Å². The van der Waals surface area contributed by atoms with Gasteiger partial charge in [0.1, 0.15) is 5.82 Å². The van der Waals surface area contributed by atoms with Crippen molar-refractivity contribution in [1.29, 1.82) is 0 Å². The number of nitrogens with zero attached hydrogens (tertiary/aromatic N) is 1. The molecule has 1 aromatic heterocycles. The van der Waals surface area contributed by atoms with Crippen LogP contribution in [0.1, 0.15) is 24.2 Å². The monoisotopic (exact) mass is 343 g/mol. The Hall–Kier alpha value is -3.09. The molecule has 2 N–H and O–H groups in total. The van der Waals surface area contributed by atoms with Gasteiger partial charge in [0.2, 0.25) is 0 Å². The number of ether oxygens (including phenoxy) is 2. The first-order valence-electron chi connectivity index (χ1n) is 7.72. The fourth-order valence-electron chi connectivity index (χ4n) is 2.25. The third-order valence-corrected chi connectivity index (χ3v) is 3.59. The second-order valence-electron chi connectivity index (χ2n) is 5.43. The average molecular weight is 343 g/mol. The van der Waals surface area contributed by atoms with Gasteiger partial charge in [-0.05, 0) is 43.7 Å². The van der Waals surface area contributed by atoms with Crippen LogP contribution in [0.4, 0.5) is 5.82 Å². The lowest BCUT2D eigenvalue weighted by Crippen LogP contribution is -2.37. The molecule has 0 aliphatic carbocycles. The Labute approximate surface area is 146 Å². The molecule has 0 saturated heterocycles. The number of aromatic nitrogens is 1. The van der Waals surface area contributed by atoms with Gasteiger partial charge in [-0.3, -0.25) is 9.59 Å². The SMILES string of the molecule is COc1ccc(C(C)NC(=O)C(=O)Nc2cccc(C)n2)cc1OC. The van der Waals surface area contributed by atoms with Crippen LogP contribution in [0, 0.1) is 6.92 Å². The molecular weight excluding hydrogens is 322 g/mol. The fraction of sp³-hybridized carbons (Fsp3) is 0.278. The van der Waals surface area contributed by atoms with E-state index in [-0.39, 0.29) is 6.04 Å². The van der Waals surface area contributed by atoms with Crippen molar-refractivity contribution in [2.24, 2.45) is 0 Å². The zero-order valence-electron chi connectivity index (χ0n) is 14.6. The van der Waals surface area contributed by atoms with Gasteiger partial charge in [-0.2, -0.15) is 0 Å². The molecule has 2 amide bonds. The Bertz CT molecular complexity index is 777. The van der Waals surface area contributed by atoms with Crippen molar-refractivity contribution in [3.63, 3.8) is 0 Å². The van der Waals surface area contributed by atoms with Crippen molar-refractivity contribution < 1.29 is 19.1 Å². The second-order valence-corrected chi connectivity index (χ2v) is 5.43. The Kier molecular flexibility index (Phi) is 5.94. The number of hydrogen-bond donors (Lipinski definition) is 2. The van der Waals surface area contributed by atoms with Crippen molar-refractivity contribution in [3.8, 4) is 11.5 Å². The first-order chi connectivity index (χ1) is 11.9. The number of benzene rings is 1. The Balaban J connectivity index is 2.03. The van der Waals surface area contributed by atoms with Gasteiger partial charge in [-0.1, -0.05) is 12.1 Å². The van der Waals surface area contributed by atoms with Crippen LogP contribution >= 0.6 is 0 Å². The zero-order valence-corrected chi connectivity index (χ0v) is 14.6. The van der Waals surface area contributed by atoms with Crippen LogP contribution < -0.4 is 20.1 Å². The van der Waals surface area contributed by atoms with E-state index >= 15 is 0 Å². The minimum atomic E-state index is -0.773. The topological polar surface area (TPSA) is 89.5 Å². The highest BCUT2D eigenvalue weighted by molar-refractivity contribution is 6.39. The highest BCUT2D eigenvalue weighted by Gasteiger charge is 2.18. The van der Waals surface area contributed by atoms with Crippen LogP contribution in [0.2, 0.25) is 0 Å². The summed E-state index contributed by atoms with van der Waals surface area (Å²) in [5.41, 5.74) is 1.53. The number of hydrogen-bond acceptors (Lipinski definition) is 5. The van der Waals surface area contributed by atoms with Gasteiger partial charge < -0.3 is 20.1 Å². The molecule has 132 valence electrons. The standard InChI is InChI=1S/C18H21N3O4/c1-11-6-5-7-16(19-11)21-18(23)17(22)20-12(2)13-8-9-14(24-3)15(10-13)25-4/h5-10,12H,1-4H3,(H,20,22)(H,19,21,23). The summed E-state index contributed by atoms with van der Waals surface area (Å²) in [7, 11) is 3.08. The van der Waals surface area contributed by atoms with E-state index in [1.165, 1.54) is 7.11 Å². The number of amides is 2. The lowest BCUT2D eigenvalue weighted by Gasteiger charge is -2.16. The Morgan fingerprint density at radius 2 is 1.76 bits per heavy atom. The summed E-state index contributed by atoms with van der Waals surface area (Å²) in [6.07, 6.45) is 0. The highest BCUT2D eigenvalue weighted by atomic mass is 16.5. The minimum absolute atomic E-state index is 0.332. The number of carbonyl (C=O) groups is 2. The van der Waals surface area contributed by atoms with E-state index in [4.69, 9.17) is 9.47 Å². The van der Waals surface area contributed by atoms with E-state index in [1.807, 2.05) is 0 Å². The largest absolute Gasteiger partial charge is 0.493 e. The highest BCUT2D eigenvalue weighted by Crippen LogP contribution is 2.29. The first kappa shape index (κ1) is 18.3. The Morgan fingerprint density at radius 1 is 1.04 bits per heavy atom. The van der Waals surface area contributed by atoms with Crippen LogP contribution in [-0.4, -0.2) is 31.0 Å². The predicted molar refractivity (Wildman–Crippen MR) is 93.7 cm³/mol. The third kappa shape index (κ3) is 4.69. The third-order valence-electron chi connectivity index (χ3n) is 3.59. The molecule has 0 spiro atoms. The molecule has 0 saturated carbocycles. The summed E-state index contributed by atoms with van der Waals surface area (Å²) in [6, 6.07) is 10.1. The molecule has 1 atom stereocenters. The number of nitrogens with one attached hydrogen (secondary N) is 2. The van der Waals surface area contributed by atoms with E-state index in [0.29, 0.717) is 17.3 Å². The molecule has 7 heteroatoms. The van der Waals surface area contributed by atoms with E-state index in [0.717, 1.165) is 11.3 Å². The summed E-state index contributed by atoms with van der Waals surface area (Å²) in [5.74, 6) is -0.0440. The summed E-state index contributed by atoms with van der Waals surface area (Å²) >= 11 is 0. The number of rotatable bonds is 5. The lowest BCUT2D eigenvalue weighted by atomic mass is 10.1. The normalized spacial score (nSPS) is 11.4. The predicted octanol–water partition coefficient (Wildman–Crippen LogP) is 2.22. The van der Waals surface area contributed by atoms with Crippen LogP contribution in [0.5, 0.6) is 11.5 Å². The summed E-state index contributed by atoms with van der Waals surface area (Å²) in [5, 5.41) is 5.12. The van der Waals surface area contributed by atoms with Crippen LogP contribution in [0.25, 0.3) is 0 Å². The van der Waals surface area contributed by atoms with E-state index < -0.39 is 11.8 Å². The molecule has 2 rings (SSSR count). The first-order valence-corrected chi connectivity index (χ1v) is 7.72. The van der Waals surface area contributed by atoms with Crippen LogP contribution in [0.3, 0.4) is 0 Å². The molecule has 0 bridgehead atoms. The Morgan fingerprint density at radius 3 is 2.40 bits per heavy atom. The number of pyridine rings is 1. The molecular formula is C18H21N3O4. The molecule has 2 aromatic rings. The van der Waals surface area contributed by atoms with Gasteiger partial charge in [0.25, 0.3) is 0 Å². The van der Waals surface area contributed by atoms with Crippen molar-refractivity contribution in [2.45, 2.75) is 19.9 Å².